The lowest BCUT2D eigenvalue weighted by Gasteiger charge is -2.12. The van der Waals surface area contributed by atoms with E-state index in [4.69, 9.17) is 5.73 Å². The Bertz CT molecular complexity index is 849. The maximum Gasteiger partial charge on any atom is 0.241 e. The van der Waals surface area contributed by atoms with E-state index in [9.17, 15) is 4.79 Å². The fourth-order valence-electron chi connectivity index (χ4n) is 2.93. The maximum absolute atomic E-state index is 12.2. The van der Waals surface area contributed by atoms with Gasteiger partial charge in [-0.1, -0.05) is 48.0 Å². The molecule has 0 aliphatic heterocycles. The molecule has 0 fully saturated rings. The van der Waals surface area contributed by atoms with Gasteiger partial charge in [-0.3, -0.25) is 4.79 Å². The van der Waals surface area contributed by atoms with Crippen molar-refractivity contribution in [3.63, 3.8) is 0 Å². The van der Waals surface area contributed by atoms with Crippen LogP contribution in [0.1, 0.15) is 28.3 Å². The lowest BCUT2D eigenvalue weighted by Crippen LogP contribution is -2.35. The Kier molecular flexibility index (Phi) is 4.67. The lowest BCUT2D eigenvalue weighted by molar-refractivity contribution is -0.122. The van der Waals surface area contributed by atoms with Gasteiger partial charge in [0.1, 0.15) is 6.04 Å². The number of carbonyl (C=O) groups is 1. The second-order valence-corrected chi connectivity index (χ2v) is 6.24. The van der Waals surface area contributed by atoms with Crippen LogP contribution >= 0.6 is 0 Å². The van der Waals surface area contributed by atoms with Crippen LogP contribution in [0.2, 0.25) is 0 Å². The van der Waals surface area contributed by atoms with Gasteiger partial charge in [-0.2, -0.15) is 0 Å². The van der Waals surface area contributed by atoms with E-state index >= 15 is 0 Å². The van der Waals surface area contributed by atoms with Crippen LogP contribution in [0.3, 0.4) is 0 Å². The van der Waals surface area contributed by atoms with Gasteiger partial charge in [0.2, 0.25) is 5.91 Å². The summed E-state index contributed by atoms with van der Waals surface area (Å²) in [5.41, 5.74) is 11.6. The lowest BCUT2D eigenvalue weighted by atomic mass is 10.0. The number of nitrogens with one attached hydrogen (secondary N) is 2. The third-order valence-corrected chi connectivity index (χ3v) is 4.42. The van der Waals surface area contributed by atoms with Gasteiger partial charge >= 0.3 is 0 Å². The molecule has 4 N–H and O–H groups in total. The Balaban J connectivity index is 1.60. The summed E-state index contributed by atoms with van der Waals surface area (Å²) in [6, 6.07) is 13.4. The van der Waals surface area contributed by atoms with E-state index in [1.807, 2.05) is 37.4 Å². The van der Waals surface area contributed by atoms with Gasteiger partial charge in [-0.15, -0.1) is 0 Å². The molecule has 0 saturated heterocycles. The van der Waals surface area contributed by atoms with Crippen molar-refractivity contribution in [1.82, 2.24) is 10.3 Å². The minimum Gasteiger partial charge on any atom is -0.361 e. The van der Waals surface area contributed by atoms with Crippen molar-refractivity contribution < 1.29 is 4.79 Å². The first-order chi connectivity index (χ1) is 11.6. The zero-order valence-electron chi connectivity index (χ0n) is 14.1. The highest BCUT2D eigenvalue weighted by molar-refractivity contribution is 5.86. The van der Waals surface area contributed by atoms with Gasteiger partial charge in [-0.05, 0) is 37.0 Å². The van der Waals surface area contributed by atoms with Crippen LogP contribution < -0.4 is 11.1 Å². The zero-order chi connectivity index (χ0) is 17.1. The molecule has 1 unspecified atom stereocenters. The highest BCUT2D eigenvalue weighted by atomic mass is 16.2. The number of nitrogens with two attached hydrogens (primary N) is 1. The van der Waals surface area contributed by atoms with Crippen molar-refractivity contribution in [2.45, 2.75) is 26.3 Å². The minimum atomic E-state index is -0.629. The molecule has 0 spiro atoms. The van der Waals surface area contributed by atoms with Crippen molar-refractivity contribution in [2.75, 3.05) is 6.54 Å². The summed E-state index contributed by atoms with van der Waals surface area (Å²) < 4.78 is 0. The molecule has 3 aromatic rings. The van der Waals surface area contributed by atoms with Gasteiger partial charge in [-0.25, -0.2) is 0 Å². The molecule has 1 heterocycles. The average Bonchev–Trinajstić information content (AvgIpc) is 2.99. The monoisotopic (exact) mass is 321 g/mol. The molecule has 0 aliphatic carbocycles. The highest BCUT2D eigenvalue weighted by Crippen LogP contribution is 2.21. The Morgan fingerprint density at radius 2 is 1.92 bits per heavy atom. The van der Waals surface area contributed by atoms with Crippen LogP contribution in [0.25, 0.3) is 10.9 Å². The Morgan fingerprint density at radius 1 is 1.17 bits per heavy atom. The van der Waals surface area contributed by atoms with Crippen LogP contribution in [0, 0.1) is 13.8 Å². The smallest absolute Gasteiger partial charge is 0.241 e. The first-order valence-electron chi connectivity index (χ1n) is 8.21. The van der Waals surface area contributed by atoms with E-state index < -0.39 is 6.04 Å². The van der Waals surface area contributed by atoms with Crippen LogP contribution in [0.5, 0.6) is 0 Å². The van der Waals surface area contributed by atoms with E-state index in [0.29, 0.717) is 6.54 Å². The van der Waals surface area contributed by atoms with Crippen LogP contribution in [-0.2, 0) is 11.2 Å². The second kappa shape index (κ2) is 6.89. The molecular weight excluding hydrogens is 298 g/mol. The zero-order valence-corrected chi connectivity index (χ0v) is 14.1. The van der Waals surface area contributed by atoms with Crippen molar-refractivity contribution in [2.24, 2.45) is 5.73 Å². The molecule has 1 aromatic heterocycles. The number of hydrogen-bond acceptors (Lipinski definition) is 2. The summed E-state index contributed by atoms with van der Waals surface area (Å²) in [6.45, 7) is 4.67. The highest BCUT2D eigenvalue weighted by Gasteiger charge is 2.15. The summed E-state index contributed by atoms with van der Waals surface area (Å²) >= 11 is 0. The number of para-hydroxylation sites is 1. The Morgan fingerprint density at radius 3 is 2.67 bits per heavy atom. The van der Waals surface area contributed by atoms with Gasteiger partial charge in [0.15, 0.2) is 0 Å². The number of H-pyrrole nitrogens is 1. The van der Waals surface area contributed by atoms with Crippen LogP contribution in [-0.4, -0.2) is 17.4 Å². The third-order valence-electron chi connectivity index (χ3n) is 4.42. The number of benzene rings is 2. The number of carbonyl (C=O) groups excluding carboxylic acids is 1. The predicted octanol–water partition coefficient (Wildman–Crippen LogP) is 3.14. The second-order valence-electron chi connectivity index (χ2n) is 6.24. The molecule has 0 bridgehead atoms. The normalized spacial score (nSPS) is 12.3. The summed E-state index contributed by atoms with van der Waals surface area (Å²) in [6.07, 6.45) is 2.79. The number of rotatable bonds is 5. The van der Waals surface area contributed by atoms with Crippen LogP contribution in [0.15, 0.2) is 48.7 Å². The fourth-order valence-corrected chi connectivity index (χ4v) is 2.93. The van der Waals surface area contributed by atoms with Gasteiger partial charge in [0.05, 0.1) is 0 Å². The predicted molar refractivity (Wildman–Crippen MR) is 97.9 cm³/mol. The maximum atomic E-state index is 12.2. The van der Waals surface area contributed by atoms with Crippen molar-refractivity contribution in [3.05, 3.63) is 70.9 Å². The molecule has 1 atom stereocenters. The third kappa shape index (κ3) is 3.34. The Labute approximate surface area is 142 Å². The van der Waals surface area contributed by atoms with Crippen molar-refractivity contribution in [1.29, 1.82) is 0 Å². The summed E-state index contributed by atoms with van der Waals surface area (Å²) in [4.78, 5) is 15.5. The minimum absolute atomic E-state index is 0.144. The molecule has 0 radical (unpaired) electrons. The van der Waals surface area contributed by atoms with E-state index in [1.54, 1.807) is 0 Å². The van der Waals surface area contributed by atoms with Crippen molar-refractivity contribution in [3.8, 4) is 0 Å². The number of fused-ring (bicyclic) bond motifs is 1. The molecule has 0 saturated carbocycles. The number of hydrogen-bond donors (Lipinski definition) is 3. The molecule has 1 amide bonds. The average molecular weight is 321 g/mol. The van der Waals surface area contributed by atoms with E-state index in [-0.39, 0.29) is 5.91 Å². The summed E-state index contributed by atoms with van der Waals surface area (Å²) in [5, 5.41) is 4.15. The van der Waals surface area contributed by atoms with E-state index in [0.717, 1.165) is 23.1 Å². The largest absolute Gasteiger partial charge is 0.361 e. The summed E-state index contributed by atoms with van der Waals surface area (Å²) in [7, 11) is 0. The first kappa shape index (κ1) is 16.3. The SMILES string of the molecule is Cc1ccc(C(N)C(=O)NCCc2c[nH]c3c(C)cccc23)cc1. The number of aryl methyl sites for hydroxylation is 2. The molecule has 2 aromatic carbocycles. The Hall–Kier alpha value is -2.59. The number of amides is 1. The van der Waals surface area contributed by atoms with Gasteiger partial charge in [0, 0.05) is 23.6 Å². The summed E-state index contributed by atoms with van der Waals surface area (Å²) in [5.74, 6) is -0.144. The van der Waals surface area contributed by atoms with E-state index in [2.05, 4.69) is 35.4 Å². The number of aromatic amines is 1. The molecule has 3 rings (SSSR count). The molecule has 4 heteroatoms. The molecule has 24 heavy (non-hydrogen) atoms. The van der Waals surface area contributed by atoms with Crippen molar-refractivity contribution >= 4 is 16.8 Å². The fraction of sp³-hybridized carbons (Fsp3) is 0.250. The molecule has 4 nitrogen and oxygen atoms in total. The number of aromatic nitrogens is 1. The van der Waals surface area contributed by atoms with Crippen LogP contribution in [0.4, 0.5) is 0 Å². The first-order valence-corrected chi connectivity index (χ1v) is 8.21. The molecule has 0 aliphatic rings. The molecular formula is C20H23N3O. The molecule has 124 valence electrons. The van der Waals surface area contributed by atoms with E-state index in [1.165, 1.54) is 16.5 Å². The van der Waals surface area contributed by atoms with Gasteiger partial charge in [0.25, 0.3) is 0 Å². The topological polar surface area (TPSA) is 70.9 Å². The quantitative estimate of drug-likeness (QED) is 0.675. The standard InChI is InChI=1S/C20H23N3O/c1-13-6-8-15(9-7-13)18(21)20(24)22-11-10-16-12-23-19-14(2)4-3-5-17(16)19/h3-9,12,18,23H,10-11,21H2,1-2H3,(H,22,24). The van der Waals surface area contributed by atoms with Gasteiger partial charge < -0.3 is 16.0 Å².